The number of ether oxygens (including phenoxy) is 1. The van der Waals surface area contributed by atoms with Crippen LogP contribution in [0.4, 0.5) is 4.39 Å². The normalized spacial score (nSPS) is 10.4. The average Bonchev–Trinajstić information content (AvgIpc) is 2.28. The summed E-state index contributed by atoms with van der Waals surface area (Å²) in [5.74, 6) is -1.64. The van der Waals surface area contributed by atoms with Gasteiger partial charge in [0.25, 0.3) is 0 Å². The first-order valence-corrected chi connectivity index (χ1v) is 4.49. The molecule has 5 heteroatoms. The van der Waals surface area contributed by atoms with E-state index in [1.807, 2.05) is 0 Å². The molecular weight excluding hydrogens is 213 g/mol. The molecule has 0 bridgehead atoms. The van der Waals surface area contributed by atoms with Gasteiger partial charge in [-0.05, 0) is 23.6 Å². The standard InChI is InChI=1S/C11H8FNO3/c1-16-9-5-7-6(2-3-13-10(7)12)4-8(9)11(14)15/h2-5H,1H3,(H,14,15). The summed E-state index contributed by atoms with van der Waals surface area (Å²) in [6, 6.07) is 4.24. The molecule has 0 saturated carbocycles. The van der Waals surface area contributed by atoms with E-state index in [2.05, 4.69) is 4.98 Å². The highest BCUT2D eigenvalue weighted by Gasteiger charge is 2.13. The number of carboxylic acids is 1. The zero-order chi connectivity index (χ0) is 11.7. The van der Waals surface area contributed by atoms with Crippen LogP contribution >= 0.6 is 0 Å². The summed E-state index contributed by atoms with van der Waals surface area (Å²) in [5.41, 5.74) is 0.000556. The Morgan fingerprint density at radius 1 is 1.50 bits per heavy atom. The molecule has 16 heavy (non-hydrogen) atoms. The number of hydrogen-bond donors (Lipinski definition) is 1. The Morgan fingerprint density at radius 3 is 2.88 bits per heavy atom. The quantitative estimate of drug-likeness (QED) is 0.789. The fourth-order valence-corrected chi connectivity index (χ4v) is 1.50. The molecule has 0 unspecified atom stereocenters. The number of benzene rings is 1. The van der Waals surface area contributed by atoms with Crippen LogP contribution in [0.3, 0.4) is 0 Å². The van der Waals surface area contributed by atoms with Crippen molar-refractivity contribution in [3.63, 3.8) is 0 Å². The van der Waals surface area contributed by atoms with Gasteiger partial charge in [-0.1, -0.05) is 0 Å². The summed E-state index contributed by atoms with van der Waals surface area (Å²) in [5, 5.41) is 9.65. The number of fused-ring (bicyclic) bond motifs is 1. The van der Waals surface area contributed by atoms with E-state index in [-0.39, 0.29) is 16.7 Å². The number of methoxy groups -OCH3 is 1. The van der Waals surface area contributed by atoms with Gasteiger partial charge in [0.2, 0.25) is 5.95 Å². The van der Waals surface area contributed by atoms with Crippen LogP contribution in [0.2, 0.25) is 0 Å². The van der Waals surface area contributed by atoms with Gasteiger partial charge in [0, 0.05) is 11.6 Å². The van der Waals surface area contributed by atoms with E-state index in [0.717, 1.165) is 0 Å². The zero-order valence-electron chi connectivity index (χ0n) is 8.40. The van der Waals surface area contributed by atoms with Gasteiger partial charge in [-0.15, -0.1) is 0 Å². The van der Waals surface area contributed by atoms with Gasteiger partial charge in [-0.2, -0.15) is 4.39 Å². The Balaban J connectivity index is 2.80. The van der Waals surface area contributed by atoms with Crippen LogP contribution in [-0.4, -0.2) is 23.2 Å². The van der Waals surface area contributed by atoms with Crippen LogP contribution in [0.1, 0.15) is 10.4 Å². The van der Waals surface area contributed by atoms with Crippen molar-refractivity contribution in [1.29, 1.82) is 0 Å². The predicted molar refractivity (Wildman–Crippen MR) is 55.2 cm³/mol. The third-order valence-electron chi connectivity index (χ3n) is 2.27. The summed E-state index contributed by atoms with van der Waals surface area (Å²) in [6.45, 7) is 0. The Labute approximate surface area is 90.3 Å². The molecule has 0 radical (unpaired) electrons. The number of carbonyl (C=O) groups is 1. The first kappa shape index (κ1) is 10.4. The molecule has 1 heterocycles. The lowest BCUT2D eigenvalue weighted by atomic mass is 10.1. The first-order chi connectivity index (χ1) is 7.63. The molecule has 0 amide bonds. The van der Waals surface area contributed by atoms with Crippen LogP contribution in [0.15, 0.2) is 24.4 Å². The summed E-state index contributed by atoms with van der Waals surface area (Å²) in [6.07, 6.45) is 1.29. The summed E-state index contributed by atoms with van der Waals surface area (Å²) >= 11 is 0. The van der Waals surface area contributed by atoms with E-state index in [1.54, 1.807) is 6.07 Å². The van der Waals surface area contributed by atoms with Crippen molar-refractivity contribution < 1.29 is 19.0 Å². The number of rotatable bonds is 2. The van der Waals surface area contributed by atoms with Gasteiger partial charge in [-0.3, -0.25) is 0 Å². The maximum Gasteiger partial charge on any atom is 0.339 e. The van der Waals surface area contributed by atoms with Crippen molar-refractivity contribution in [3.05, 3.63) is 35.9 Å². The molecule has 0 aliphatic heterocycles. The number of pyridine rings is 1. The third-order valence-corrected chi connectivity index (χ3v) is 2.27. The van der Waals surface area contributed by atoms with Crippen molar-refractivity contribution >= 4 is 16.7 Å². The Hall–Kier alpha value is -2.17. The van der Waals surface area contributed by atoms with Gasteiger partial charge >= 0.3 is 5.97 Å². The third kappa shape index (κ3) is 1.56. The SMILES string of the molecule is COc1cc2c(F)nccc2cc1C(=O)O. The second-order valence-electron chi connectivity index (χ2n) is 3.18. The van der Waals surface area contributed by atoms with Crippen LogP contribution in [0, 0.1) is 5.95 Å². The number of aromatic carboxylic acids is 1. The molecule has 2 aromatic rings. The van der Waals surface area contributed by atoms with Crippen LogP contribution in [-0.2, 0) is 0 Å². The Morgan fingerprint density at radius 2 is 2.25 bits per heavy atom. The van der Waals surface area contributed by atoms with E-state index >= 15 is 0 Å². The second kappa shape index (κ2) is 3.77. The van der Waals surface area contributed by atoms with Crippen LogP contribution < -0.4 is 4.74 Å². The Bertz CT molecular complexity index is 568. The molecule has 0 spiro atoms. The molecule has 1 N–H and O–H groups in total. The topological polar surface area (TPSA) is 59.4 Å². The molecule has 2 rings (SSSR count). The fraction of sp³-hybridized carbons (Fsp3) is 0.0909. The maximum absolute atomic E-state index is 13.3. The van der Waals surface area contributed by atoms with E-state index in [4.69, 9.17) is 9.84 Å². The van der Waals surface area contributed by atoms with E-state index < -0.39 is 11.9 Å². The predicted octanol–water partition coefficient (Wildman–Crippen LogP) is 2.08. The average molecular weight is 221 g/mol. The minimum absolute atomic E-state index is 0.000556. The number of carboxylic acid groups (broad SMARTS) is 1. The highest BCUT2D eigenvalue weighted by atomic mass is 19.1. The van der Waals surface area contributed by atoms with Gasteiger partial charge in [0.1, 0.15) is 11.3 Å². The molecule has 4 nitrogen and oxygen atoms in total. The molecular formula is C11H8FNO3. The lowest BCUT2D eigenvalue weighted by molar-refractivity contribution is 0.0693. The number of aromatic nitrogens is 1. The lowest BCUT2D eigenvalue weighted by Gasteiger charge is -2.07. The summed E-state index contributed by atoms with van der Waals surface area (Å²) in [4.78, 5) is 14.4. The summed E-state index contributed by atoms with van der Waals surface area (Å²) < 4.78 is 18.2. The van der Waals surface area contributed by atoms with Gasteiger partial charge in [-0.25, -0.2) is 9.78 Å². The molecule has 0 saturated heterocycles. The molecule has 1 aromatic carbocycles. The second-order valence-corrected chi connectivity index (χ2v) is 3.18. The monoisotopic (exact) mass is 221 g/mol. The van der Waals surface area contributed by atoms with Crippen molar-refractivity contribution in [2.24, 2.45) is 0 Å². The van der Waals surface area contributed by atoms with Crippen LogP contribution in [0.5, 0.6) is 5.75 Å². The zero-order valence-corrected chi connectivity index (χ0v) is 8.40. The first-order valence-electron chi connectivity index (χ1n) is 4.49. The van der Waals surface area contributed by atoms with Gasteiger partial charge in [0.15, 0.2) is 0 Å². The van der Waals surface area contributed by atoms with E-state index in [9.17, 15) is 9.18 Å². The number of halogens is 1. The van der Waals surface area contributed by atoms with Crippen molar-refractivity contribution in [3.8, 4) is 5.75 Å². The molecule has 0 aliphatic carbocycles. The van der Waals surface area contributed by atoms with E-state index in [1.165, 1.54) is 25.4 Å². The van der Waals surface area contributed by atoms with Crippen molar-refractivity contribution in [2.45, 2.75) is 0 Å². The minimum atomic E-state index is -1.11. The smallest absolute Gasteiger partial charge is 0.339 e. The molecule has 1 aromatic heterocycles. The summed E-state index contributed by atoms with van der Waals surface area (Å²) in [7, 11) is 1.34. The molecule has 0 aliphatic rings. The lowest BCUT2D eigenvalue weighted by Crippen LogP contribution is -2.01. The molecule has 0 atom stereocenters. The minimum Gasteiger partial charge on any atom is -0.496 e. The molecule has 0 fully saturated rings. The number of hydrogen-bond acceptors (Lipinski definition) is 3. The van der Waals surface area contributed by atoms with Gasteiger partial charge in [0.05, 0.1) is 7.11 Å². The highest BCUT2D eigenvalue weighted by Crippen LogP contribution is 2.26. The van der Waals surface area contributed by atoms with Crippen LogP contribution in [0.25, 0.3) is 10.8 Å². The maximum atomic E-state index is 13.3. The van der Waals surface area contributed by atoms with Gasteiger partial charge < -0.3 is 9.84 Å². The highest BCUT2D eigenvalue weighted by molar-refractivity contribution is 5.97. The van der Waals surface area contributed by atoms with Crippen molar-refractivity contribution in [2.75, 3.05) is 7.11 Å². The largest absolute Gasteiger partial charge is 0.496 e. The van der Waals surface area contributed by atoms with E-state index in [0.29, 0.717) is 5.39 Å². The fourth-order valence-electron chi connectivity index (χ4n) is 1.50. The Kier molecular flexibility index (Phi) is 2.44. The van der Waals surface area contributed by atoms with Crippen molar-refractivity contribution in [1.82, 2.24) is 4.98 Å². The number of nitrogens with zero attached hydrogens (tertiary/aromatic N) is 1. The molecule has 82 valence electrons.